The van der Waals surface area contributed by atoms with Gasteiger partial charge in [0.25, 0.3) is 0 Å². The number of phenols is 3. The predicted molar refractivity (Wildman–Crippen MR) is 116 cm³/mol. The van der Waals surface area contributed by atoms with Crippen molar-refractivity contribution < 1.29 is 20.1 Å². The standard InChI is InChI=1S/C26H22O4/c27-21-9-1-17(2-10-21)25(18-3-11-22(28)12-4-18)26(19-5-13-23(29)14-6-19)20-7-15-24(30)16-8-20/h1-15,25-29H,16H2. The monoisotopic (exact) mass is 398 g/mol. The first-order valence-corrected chi connectivity index (χ1v) is 9.79. The van der Waals surface area contributed by atoms with E-state index in [1.165, 1.54) is 0 Å². The van der Waals surface area contributed by atoms with Crippen LogP contribution in [0.25, 0.3) is 0 Å². The maximum absolute atomic E-state index is 11.8. The Labute approximate surface area is 175 Å². The molecule has 4 nitrogen and oxygen atoms in total. The number of hydrogen-bond donors (Lipinski definition) is 3. The van der Waals surface area contributed by atoms with E-state index < -0.39 is 0 Å². The summed E-state index contributed by atoms with van der Waals surface area (Å²) in [6.45, 7) is 0. The summed E-state index contributed by atoms with van der Waals surface area (Å²) in [5.74, 6) is 0.350. The third kappa shape index (κ3) is 4.13. The molecule has 3 N–H and O–H groups in total. The van der Waals surface area contributed by atoms with Crippen LogP contribution in [-0.4, -0.2) is 21.1 Å². The average Bonchev–Trinajstić information content (AvgIpc) is 2.75. The molecule has 0 heterocycles. The molecular weight excluding hydrogens is 376 g/mol. The molecule has 3 aromatic carbocycles. The predicted octanol–water partition coefficient (Wildman–Crippen LogP) is 5.17. The number of hydrogen-bond acceptors (Lipinski definition) is 4. The second-order valence-electron chi connectivity index (χ2n) is 7.44. The maximum Gasteiger partial charge on any atom is 0.159 e. The van der Waals surface area contributed by atoms with Crippen molar-refractivity contribution in [3.05, 3.63) is 113 Å². The summed E-state index contributed by atoms with van der Waals surface area (Å²) in [4.78, 5) is 11.8. The molecule has 30 heavy (non-hydrogen) atoms. The molecule has 0 fully saturated rings. The van der Waals surface area contributed by atoms with Crippen molar-refractivity contribution in [1.82, 2.24) is 0 Å². The molecule has 4 heteroatoms. The number of carbonyl (C=O) groups excluding carboxylic acids is 1. The van der Waals surface area contributed by atoms with Gasteiger partial charge in [0.1, 0.15) is 17.2 Å². The van der Waals surface area contributed by atoms with Crippen molar-refractivity contribution in [1.29, 1.82) is 0 Å². The Morgan fingerprint density at radius 1 is 0.567 bits per heavy atom. The Morgan fingerprint density at radius 3 is 1.33 bits per heavy atom. The van der Waals surface area contributed by atoms with Crippen LogP contribution in [0.3, 0.4) is 0 Å². The summed E-state index contributed by atoms with van der Waals surface area (Å²) in [7, 11) is 0. The fourth-order valence-electron chi connectivity index (χ4n) is 3.97. The van der Waals surface area contributed by atoms with Crippen LogP contribution in [0.15, 0.2) is 96.6 Å². The van der Waals surface area contributed by atoms with Crippen molar-refractivity contribution in [3.63, 3.8) is 0 Å². The molecular formula is C26H22O4. The van der Waals surface area contributed by atoms with Crippen LogP contribution < -0.4 is 0 Å². The lowest BCUT2D eigenvalue weighted by Gasteiger charge is -2.31. The van der Waals surface area contributed by atoms with Gasteiger partial charge in [-0.15, -0.1) is 0 Å². The second-order valence-corrected chi connectivity index (χ2v) is 7.44. The number of rotatable bonds is 5. The number of benzene rings is 3. The quantitative estimate of drug-likeness (QED) is 0.554. The Morgan fingerprint density at radius 2 is 0.967 bits per heavy atom. The molecule has 0 aliphatic heterocycles. The first-order chi connectivity index (χ1) is 14.5. The van der Waals surface area contributed by atoms with E-state index in [1.807, 2.05) is 48.6 Å². The maximum atomic E-state index is 11.8. The highest BCUT2D eigenvalue weighted by molar-refractivity contribution is 5.92. The first-order valence-electron chi connectivity index (χ1n) is 9.79. The fraction of sp³-hybridized carbons (Fsp3) is 0.115. The molecule has 0 saturated heterocycles. The van der Waals surface area contributed by atoms with Crippen molar-refractivity contribution >= 4 is 5.78 Å². The minimum absolute atomic E-state index is 0.0639. The summed E-state index contributed by atoms with van der Waals surface area (Å²) in [6, 6.07) is 21.3. The van der Waals surface area contributed by atoms with Crippen molar-refractivity contribution in [2.45, 2.75) is 18.3 Å². The van der Waals surface area contributed by atoms with Crippen LogP contribution in [0, 0.1) is 0 Å². The highest BCUT2D eigenvalue weighted by Crippen LogP contribution is 2.45. The number of phenolic OH excluding ortho intramolecular Hbond substituents is 3. The minimum Gasteiger partial charge on any atom is -0.508 e. The Balaban J connectivity index is 1.90. The molecule has 1 aliphatic carbocycles. The van der Waals surface area contributed by atoms with Crippen molar-refractivity contribution in [3.8, 4) is 17.2 Å². The van der Waals surface area contributed by atoms with Gasteiger partial charge in [0.05, 0.1) is 0 Å². The molecule has 0 radical (unpaired) electrons. The number of ketones is 1. The van der Waals surface area contributed by atoms with Gasteiger partial charge in [0, 0.05) is 18.3 Å². The van der Waals surface area contributed by atoms with Crippen LogP contribution in [0.2, 0.25) is 0 Å². The molecule has 0 aromatic heterocycles. The average molecular weight is 398 g/mol. The fourth-order valence-corrected chi connectivity index (χ4v) is 3.97. The van der Waals surface area contributed by atoms with Crippen LogP contribution in [-0.2, 0) is 4.79 Å². The van der Waals surface area contributed by atoms with E-state index in [-0.39, 0.29) is 34.9 Å². The molecule has 3 aromatic rings. The first kappa shape index (κ1) is 19.5. The zero-order valence-corrected chi connectivity index (χ0v) is 16.3. The lowest BCUT2D eigenvalue weighted by Crippen LogP contribution is -2.16. The molecule has 0 spiro atoms. The van der Waals surface area contributed by atoms with Gasteiger partial charge >= 0.3 is 0 Å². The topological polar surface area (TPSA) is 77.8 Å². The van der Waals surface area contributed by atoms with E-state index >= 15 is 0 Å². The van der Waals surface area contributed by atoms with Gasteiger partial charge in [-0.05, 0) is 64.7 Å². The lowest BCUT2D eigenvalue weighted by molar-refractivity contribution is -0.113. The van der Waals surface area contributed by atoms with Gasteiger partial charge in [0.2, 0.25) is 0 Å². The van der Waals surface area contributed by atoms with Gasteiger partial charge in [-0.1, -0.05) is 48.6 Å². The Bertz CT molecular complexity index is 1050. The van der Waals surface area contributed by atoms with Crippen LogP contribution in [0.5, 0.6) is 17.2 Å². The number of carbonyl (C=O) groups is 1. The van der Waals surface area contributed by atoms with E-state index in [0.717, 1.165) is 22.3 Å². The van der Waals surface area contributed by atoms with Gasteiger partial charge < -0.3 is 15.3 Å². The zero-order valence-electron chi connectivity index (χ0n) is 16.3. The van der Waals surface area contributed by atoms with E-state index in [1.54, 1.807) is 42.5 Å². The molecule has 1 unspecified atom stereocenters. The van der Waals surface area contributed by atoms with Crippen molar-refractivity contribution in [2.24, 2.45) is 0 Å². The molecule has 0 saturated carbocycles. The van der Waals surface area contributed by atoms with Crippen LogP contribution >= 0.6 is 0 Å². The smallest absolute Gasteiger partial charge is 0.159 e. The zero-order chi connectivity index (χ0) is 21.1. The molecule has 1 aliphatic rings. The van der Waals surface area contributed by atoms with Gasteiger partial charge in [-0.25, -0.2) is 0 Å². The number of allylic oxidation sites excluding steroid dienone is 4. The Hall–Kier alpha value is -3.79. The molecule has 0 bridgehead atoms. The SMILES string of the molecule is O=C1C=CC(C(c2ccc(O)cc2)C(c2ccc(O)cc2)c2ccc(O)cc2)=CC1. The Kier molecular flexibility index (Phi) is 5.40. The highest BCUT2D eigenvalue weighted by atomic mass is 16.3. The molecule has 0 amide bonds. The highest BCUT2D eigenvalue weighted by Gasteiger charge is 2.30. The summed E-state index contributed by atoms with van der Waals surface area (Å²) in [5.41, 5.74) is 3.97. The van der Waals surface area contributed by atoms with E-state index in [4.69, 9.17) is 0 Å². The summed E-state index contributed by atoms with van der Waals surface area (Å²) in [5, 5.41) is 29.4. The largest absolute Gasteiger partial charge is 0.508 e. The minimum atomic E-state index is -0.139. The number of aromatic hydroxyl groups is 3. The van der Waals surface area contributed by atoms with E-state index in [2.05, 4.69) is 0 Å². The van der Waals surface area contributed by atoms with Gasteiger partial charge in [-0.2, -0.15) is 0 Å². The summed E-state index contributed by atoms with van der Waals surface area (Å²) >= 11 is 0. The van der Waals surface area contributed by atoms with Crippen LogP contribution in [0.1, 0.15) is 34.9 Å². The van der Waals surface area contributed by atoms with Gasteiger partial charge in [0.15, 0.2) is 5.78 Å². The van der Waals surface area contributed by atoms with E-state index in [0.29, 0.717) is 6.42 Å². The lowest BCUT2D eigenvalue weighted by atomic mass is 9.72. The summed E-state index contributed by atoms with van der Waals surface area (Å²) in [6.07, 6.45) is 5.76. The van der Waals surface area contributed by atoms with E-state index in [9.17, 15) is 20.1 Å². The molecule has 4 rings (SSSR count). The normalized spacial score (nSPS) is 14.6. The third-order valence-electron chi connectivity index (χ3n) is 5.45. The molecule has 150 valence electrons. The molecule has 1 atom stereocenters. The summed E-state index contributed by atoms with van der Waals surface area (Å²) < 4.78 is 0. The van der Waals surface area contributed by atoms with Crippen molar-refractivity contribution in [2.75, 3.05) is 0 Å². The van der Waals surface area contributed by atoms with Crippen LogP contribution in [0.4, 0.5) is 0 Å². The third-order valence-corrected chi connectivity index (χ3v) is 5.45. The van der Waals surface area contributed by atoms with Gasteiger partial charge in [-0.3, -0.25) is 4.79 Å². The second kappa shape index (κ2) is 8.29.